The maximum Gasteiger partial charge on any atom is 0.213 e. The van der Waals surface area contributed by atoms with Gasteiger partial charge in [-0.05, 0) is 12.8 Å². The summed E-state index contributed by atoms with van der Waals surface area (Å²) in [5.41, 5.74) is 0. The van der Waals surface area contributed by atoms with Gasteiger partial charge in [0.1, 0.15) is 0 Å². The third-order valence-corrected chi connectivity index (χ3v) is 3.17. The molecule has 0 bridgehead atoms. The highest BCUT2D eigenvalue weighted by Crippen LogP contribution is 2.20. The van der Waals surface area contributed by atoms with Gasteiger partial charge in [0.15, 0.2) is 5.82 Å². The molecule has 1 aromatic heterocycles. The molecule has 90 valence electrons. The Kier molecular flexibility index (Phi) is 4.30. The van der Waals surface area contributed by atoms with Crippen LogP contribution in [0.15, 0.2) is 10.9 Å². The zero-order chi connectivity index (χ0) is 11.2. The van der Waals surface area contributed by atoms with Crippen molar-refractivity contribution in [3.63, 3.8) is 0 Å². The molecule has 1 aromatic rings. The number of hydrogen-bond acceptors (Lipinski definition) is 5. The third-order valence-electron chi connectivity index (χ3n) is 3.17. The fourth-order valence-electron chi connectivity index (χ4n) is 2.28. The lowest BCUT2D eigenvalue weighted by atomic mass is 9.92. The van der Waals surface area contributed by atoms with E-state index in [9.17, 15) is 0 Å². The summed E-state index contributed by atoms with van der Waals surface area (Å²) in [5.74, 6) is 0.761. The molecule has 16 heavy (non-hydrogen) atoms. The summed E-state index contributed by atoms with van der Waals surface area (Å²) < 4.78 is 10.2. The summed E-state index contributed by atoms with van der Waals surface area (Å²) in [7, 11) is 1.80. The first kappa shape index (κ1) is 11.5. The second-order valence-electron chi connectivity index (χ2n) is 4.22. The van der Waals surface area contributed by atoms with Crippen LogP contribution < -0.4 is 5.32 Å². The quantitative estimate of drug-likeness (QED) is 0.814. The molecule has 2 rings (SSSR count). The Bertz CT molecular complexity index is 289. The first-order chi connectivity index (χ1) is 7.90. The van der Waals surface area contributed by atoms with Crippen molar-refractivity contribution in [2.24, 2.45) is 0 Å². The van der Waals surface area contributed by atoms with Crippen molar-refractivity contribution in [1.82, 2.24) is 15.5 Å². The van der Waals surface area contributed by atoms with Crippen molar-refractivity contribution in [2.45, 2.75) is 44.2 Å². The average molecular weight is 225 g/mol. The minimum atomic E-state index is 0.360. The van der Waals surface area contributed by atoms with Crippen molar-refractivity contribution >= 4 is 0 Å². The molecule has 5 heteroatoms. The van der Waals surface area contributed by atoms with E-state index in [0.717, 1.165) is 25.2 Å². The highest BCUT2D eigenvalue weighted by Gasteiger charge is 2.23. The van der Waals surface area contributed by atoms with Crippen LogP contribution in [-0.2, 0) is 11.2 Å². The zero-order valence-electron chi connectivity index (χ0n) is 9.69. The highest BCUT2D eigenvalue weighted by molar-refractivity contribution is 4.84. The van der Waals surface area contributed by atoms with Gasteiger partial charge >= 0.3 is 0 Å². The molecule has 0 aromatic carbocycles. The smallest absolute Gasteiger partial charge is 0.213 e. The number of aromatic nitrogens is 2. The molecule has 0 amide bonds. The van der Waals surface area contributed by atoms with Gasteiger partial charge in [0.2, 0.25) is 6.39 Å². The van der Waals surface area contributed by atoms with Crippen molar-refractivity contribution in [2.75, 3.05) is 13.7 Å². The van der Waals surface area contributed by atoms with E-state index in [-0.39, 0.29) is 0 Å². The van der Waals surface area contributed by atoms with Gasteiger partial charge < -0.3 is 14.6 Å². The minimum Gasteiger partial charge on any atom is -0.380 e. The van der Waals surface area contributed by atoms with Crippen LogP contribution in [0.5, 0.6) is 0 Å². The normalized spacial score (nSPS) is 25.8. The maximum atomic E-state index is 5.48. The topological polar surface area (TPSA) is 60.2 Å². The summed E-state index contributed by atoms with van der Waals surface area (Å²) >= 11 is 0. The minimum absolute atomic E-state index is 0.360. The van der Waals surface area contributed by atoms with Crippen molar-refractivity contribution in [3.8, 4) is 0 Å². The Morgan fingerprint density at radius 1 is 1.50 bits per heavy atom. The van der Waals surface area contributed by atoms with Crippen LogP contribution in [0.2, 0.25) is 0 Å². The highest BCUT2D eigenvalue weighted by atomic mass is 16.5. The molecular weight excluding hydrogens is 206 g/mol. The fourth-order valence-corrected chi connectivity index (χ4v) is 2.28. The summed E-state index contributed by atoms with van der Waals surface area (Å²) in [6.07, 6.45) is 7.47. The summed E-state index contributed by atoms with van der Waals surface area (Å²) in [6, 6.07) is 0.477. The average Bonchev–Trinajstić information content (AvgIpc) is 2.83. The summed E-state index contributed by atoms with van der Waals surface area (Å²) in [5, 5.41) is 7.29. The monoisotopic (exact) mass is 225 g/mol. The molecule has 0 radical (unpaired) electrons. The van der Waals surface area contributed by atoms with Gasteiger partial charge in [-0.15, -0.1) is 0 Å². The molecule has 1 aliphatic carbocycles. The number of nitrogens with zero attached hydrogens (tertiary/aromatic N) is 2. The number of ether oxygens (including phenoxy) is 1. The van der Waals surface area contributed by atoms with Gasteiger partial charge in [0.05, 0.1) is 6.10 Å². The van der Waals surface area contributed by atoms with Gasteiger partial charge in [-0.2, -0.15) is 4.98 Å². The number of methoxy groups -OCH3 is 1. The second kappa shape index (κ2) is 5.96. The molecule has 2 unspecified atom stereocenters. The first-order valence-corrected chi connectivity index (χ1v) is 5.91. The van der Waals surface area contributed by atoms with E-state index in [4.69, 9.17) is 4.74 Å². The molecule has 1 heterocycles. The van der Waals surface area contributed by atoms with Crippen LogP contribution >= 0.6 is 0 Å². The van der Waals surface area contributed by atoms with Gasteiger partial charge in [0, 0.05) is 26.1 Å². The van der Waals surface area contributed by atoms with Crippen molar-refractivity contribution < 1.29 is 9.26 Å². The van der Waals surface area contributed by atoms with Crippen LogP contribution in [0, 0.1) is 0 Å². The van der Waals surface area contributed by atoms with E-state index >= 15 is 0 Å². The van der Waals surface area contributed by atoms with E-state index in [1.54, 1.807) is 7.11 Å². The van der Waals surface area contributed by atoms with Gasteiger partial charge in [-0.3, -0.25) is 0 Å². The summed E-state index contributed by atoms with van der Waals surface area (Å²) in [4.78, 5) is 3.99. The van der Waals surface area contributed by atoms with Crippen molar-refractivity contribution in [1.29, 1.82) is 0 Å². The molecule has 0 saturated heterocycles. The molecule has 1 aliphatic rings. The first-order valence-electron chi connectivity index (χ1n) is 5.91. The summed E-state index contributed by atoms with van der Waals surface area (Å²) in [6.45, 7) is 0.879. The standard InChI is InChI=1S/C11H19N3O2/c1-15-10-5-3-2-4-9(10)12-7-6-11-13-8-16-14-11/h8-10,12H,2-7H2,1H3. The van der Waals surface area contributed by atoms with E-state index in [2.05, 4.69) is 20.0 Å². The number of hydrogen-bond donors (Lipinski definition) is 1. The Hall–Kier alpha value is -0.940. The second-order valence-corrected chi connectivity index (χ2v) is 4.22. The molecule has 0 spiro atoms. The zero-order valence-corrected chi connectivity index (χ0v) is 9.69. The number of nitrogens with one attached hydrogen (secondary N) is 1. The molecule has 5 nitrogen and oxygen atoms in total. The van der Waals surface area contributed by atoms with E-state index in [1.165, 1.54) is 25.7 Å². The predicted molar refractivity (Wildman–Crippen MR) is 59.1 cm³/mol. The lowest BCUT2D eigenvalue weighted by molar-refractivity contribution is 0.0421. The van der Waals surface area contributed by atoms with Crippen LogP contribution in [-0.4, -0.2) is 35.9 Å². The van der Waals surface area contributed by atoms with Crippen LogP contribution in [0.3, 0.4) is 0 Å². The Morgan fingerprint density at radius 3 is 3.12 bits per heavy atom. The van der Waals surface area contributed by atoms with Gasteiger partial charge in [0.25, 0.3) is 0 Å². The largest absolute Gasteiger partial charge is 0.380 e. The lowest BCUT2D eigenvalue weighted by Gasteiger charge is -2.31. The lowest BCUT2D eigenvalue weighted by Crippen LogP contribution is -2.43. The number of rotatable bonds is 5. The van der Waals surface area contributed by atoms with Crippen LogP contribution in [0.25, 0.3) is 0 Å². The van der Waals surface area contributed by atoms with Gasteiger partial charge in [-0.1, -0.05) is 18.0 Å². The molecular formula is C11H19N3O2. The SMILES string of the molecule is COC1CCCCC1NCCc1ncon1. The molecule has 2 atom stereocenters. The van der Waals surface area contributed by atoms with E-state index < -0.39 is 0 Å². The molecule has 1 fully saturated rings. The molecule has 1 saturated carbocycles. The van der Waals surface area contributed by atoms with E-state index in [0.29, 0.717) is 12.1 Å². The molecule has 0 aliphatic heterocycles. The fraction of sp³-hybridized carbons (Fsp3) is 0.818. The molecule has 1 N–H and O–H groups in total. The maximum absolute atomic E-state index is 5.48. The predicted octanol–water partition coefficient (Wildman–Crippen LogP) is 1.16. The Morgan fingerprint density at radius 2 is 2.38 bits per heavy atom. The Labute approximate surface area is 95.6 Å². The van der Waals surface area contributed by atoms with Crippen molar-refractivity contribution in [3.05, 3.63) is 12.2 Å². The van der Waals surface area contributed by atoms with E-state index in [1.807, 2.05) is 0 Å². The third kappa shape index (κ3) is 3.02. The van der Waals surface area contributed by atoms with Crippen LogP contribution in [0.4, 0.5) is 0 Å². The van der Waals surface area contributed by atoms with Gasteiger partial charge in [-0.25, -0.2) is 0 Å². The van der Waals surface area contributed by atoms with Crippen LogP contribution in [0.1, 0.15) is 31.5 Å². The Balaban J connectivity index is 1.71.